The van der Waals surface area contributed by atoms with Gasteiger partial charge in [-0.3, -0.25) is 18.6 Å². The summed E-state index contributed by atoms with van der Waals surface area (Å²) in [6.07, 6.45) is 80.4. The molecule has 0 saturated carbocycles. The number of carbonyl (C=O) groups is 2. The third-order valence-corrected chi connectivity index (χ3v) is 15.8. The number of carbonyl (C=O) groups excluding carboxylic acids is 2. The van der Waals surface area contributed by atoms with Gasteiger partial charge in [0.05, 0.1) is 33.8 Å². The number of hydrogen-bond acceptors (Lipinski definition) is 6. The topological polar surface area (TPSA) is 111 Å². The highest BCUT2D eigenvalue weighted by atomic mass is 31.2. The minimum atomic E-state index is -4.47. The van der Waals surface area contributed by atoms with Crippen molar-refractivity contribution < 1.29 is 37.3 Å². The number of phosphoric acid groups is 1. The number of hydrogen-bond donors (Lipinski definition) is 2. The third-order valence-electron chi connectivity index (χ3n) is 14.9. The number of unbranched alkanes of at least 4 members (excludes halogenated alkanes) is 33. The van der Waals surface area contributed by atoms with Crippen LogP contribution in [0.3, 0.4) is 0 Å². The molecule has 1 amide bonds. The van der Waals surface area contributed by atoms with Gasteiger partial charge in [-0.05, 0) is 70.3 Å². The number of amides is 1. The average Bonchev–Trinajstić information content (AvgIpc) is 3.44. The number of ether oxygens (including phenoxy) is 1. The number of quaternary nitrogens is 1. The Labute approximate surface area is 501 Å². The maximum Gasteiger partial charge on any atom is 0.472 e. The van der Waals surface area contributed by atoms with Crippen molar-refractivity contribution in [1.82, 2.24) is 5.32 Å². The standard InChI is InChI=1S/C71H129N2O7P/c1-7-10-13-16-19-22-25-28-30-32-34-35-36-37-39-41-43-46-49-52-55-58-61-64-71(75)80-69(62-59-56-53-50-47-44-27-24-21-18-15-12-9-3)68(67-79-81(76,77)78-66-65-73(4,5)6)72-70(74)63-60-57-54-51-48-45-42-40-38-33-31-29-26-23-20-17-14-11-8-2/h11,14,20,23,29,31,38,40,45,48,54,57,59,62,68-69H,7-10,12-13,15-19,21-22,24-28,30,32-37,39,41-44,46-47,49-53,55-56,58,60-61,63-67H2,1-6H3,(H-,72,74,76,77)/p+1/b14-11-,23-20-,31-29-,40-38-,48-45-,57-54-,62-59+. The molecule has 0 aliphatic rings. The predicted molar refractivity (Wildman–Crippen MR) is 351 cm³/mol. The Kier molecular flexibility index (Phi) is 58.2. The van der Waals surface area contributed by atoms with E-state index in [1.807, 2.05) is 39.4 Å². The van der Waals surface area contributed by atoms with Crippen molar-refractivity contribution in [2.24, 2.45) is 0 Å². The van der Waals surface area contributed by atoms with Gasteiger partial charge in [-0.25, -0.2) is 4.57 Å². The van der Waals surface area contributed by atoms with Gasteiger partial charge in [0.1, 0.15) is 19.3 Å². The molecule has 9 nitrogen and oxygen atoms in total. The lowest BCUT2D eigenvalue weighted by molar-refractivity contribution is -0.870. The van der Waals surface area contributed by atoms with Crippen LogP contribution >= 0.6 is 7.82 Å². The molecule has 3 unspecified atom stereocenters. The number of rotatable bonds is 61. The Balaban J connectivity index is 5.24. The molecule has 0 saturated heterocycles. The minimum Gasteiger partial charge on any atom is -0.456 e. The van der Waals surface area contributed by atoms with Gasteiger partial charge in [0.25, 0.3) is 0 Å². The molecule has 10 heteroatoms. The van der Waals surface area contributed by atoms with Crippen LogP contribution in [0.5, 0.6) is 0 Å². The second-order valence-corrected chi connectivity index (χ2v) is 25.4. The van der Waals surface area contributed by atoms with Crippen molar-refractivity contribution in [2.45, 2.75) is 315 Å². The van der Waals surface area contributed by atoms with Gasteiger partial charge in [-0.15, -0.1) is 0 Å². The fraction of sp³-hybridized carbons (Fsp3) is 0.775. The second-order valence-electron chi connectivity index (χ2n) is 24.0. The number of nitrogens with one attached hydrogen (secondary N) is 1. The highest BCUT2D eigenvalue weighted by Gasteiger charge is 2.30. The van der Waals surface area contributed by atoms with Gasteiger partial charge in [0.15, 0.2) is 0 Å². The molecule has 0 aliphatic heterocycles. The van der Waals surface area contributed by atoms with E-state index in [-0.39, 0.29) is 37.9 Å². The Morgan fingerprint density at radius 2 is 0.802 bits per heavy atom. The molecular weight excluding hydrogens is 1020 g/mol. The van der Waals surface area contributed by atoms with Crippen molar-refractivity contribution in [1.29, 1.82) is 0 Å². The summed E-state index contributed by atoms with van der Waals surface area (Å²) in [6.45, 7) is 6.87. The van der Waals surface area contributed by atoms with E-state index in [0.29, 0.717) is 17.4 Å². The fourth-order valence-corrected chi connectivity index (χ4v) is 10.4. The molecule has 0 aromatic heterocycles. The molecule has 81 heavy (non-hydrogen) atoms. The van der Waals surface area contributed by atoms with E-state index < -0.39 is 20.0 Å². The lowest BCUT2D eigenvalue weighted by Gasteiger charge is -2.27. The van der Waals surface area contributed by atoms with E-state index in [1.54, 1.807) is 0 Å². The Bertz CT molecular complexity index is 1660. The van der Waals surface area contributed by atoms with Crippen LogP contribution in [0.25, 0.3) is 0 Å². The molecule has 0 rings (SSSR count). The van der Waals surface area contributed by atoms with Crippen LogP contribution in [-0.2, 0) is 27.9 Å². The highest BCUT2D eigenvalue weighted by molar-refractivity contribution is 7.47. The molecular formula is C71H130N2O7P+. The molecule has 2 N–H and O–H groups in total. The van der Waals surface area contributed by atoms with E-state index in [9.17, 15) is 19.0 Å². The van der Waals surface area contributed by atoms with Gasteiger partial charge in [0, 0.05) is 12.8 Å². The van der Waals surface area contributed by atoms with Crippen LogP contribution in [0.1, 0.15) is 303 Å². The molecule has 0 aromatic rings. The summed E-state index contributed by atoms with van der Waals surface area (Å²) < 4.78 is 30.7. The first-order valence-electron chi connectivity index (χ1n) is 33.9. The van der Waals surface area contributed by atoms with Gasteiger partial charge in [0.2, 0.25) is 5.91 Å². The zero-order valence-electron chi connectivity index (χ0n) is 53.8. The van der Waals surface area contributed by atoms with Gasteiger partial charge in [-0.2, -0.15) is 0 Å². The Hall–Kier alpha value is -2.81. The maximum atomic E-state index is 13.5. The summed E-state index contributed by atoms with van der Waals surface area (Å²) in [5.41, 5.74) is 0. The van der Waals surface area contributed by atoms with E-state index in [4.69, 9.17) is 13.8 Å². The molecule has 0 radical (unpaired) electrons. The van der Waals surface area contributed by atoms with Crippen LogP contribution < -0.4 is 5.32 Å². The maximum absolute atomic E-state index is 13.5. The molecule has 0 spiro atoms. The van der Waals surface area contributed by atoms with E-state index in [1.165, 1.54) is 186 Å². The van der Waals surface area contributed by atoms with E-state index >= 15 is 0 Å². The van der Waals surface area contributed by atoms with Crippen molar-refractivity contribution in [3.05, 3.63) is 85.1 Å². The van der Waals surface area contributed by atoms with Crippen molar-refractivity contribution in [2.75, 3.05) is 40.9 Å². The van der Waals surface area contributed by atoms with Crippen LogP contribution in [0, 0.1) is 0 Å². The smallest absolute Gasteiger partial charge is 0.456 e. The zero-order chi connectivity index (χ0) is 59.3. The fourth-order valence-electron chi connectivity index (χ4n) is 9.67. The van der Waals surface area contributed by atoms with E-state index in [2.05, 4.69) is 92.9 Å². The average molecular weight is 1150 g/mol. The van der Waals surface area contributed by atoms with Gasteiger partial charge >= 0.3 is 13.8 Å². The summed E-state index contributed by atoms with van der Waals surface area (Å²) in [5, 5.41) is 3.02. The van der Waals surface area contributed by atoms with Crippen LogP contribution in [0.2, 0.25) is 0 Å². The lowest BCUT2D eigenvalue weighted by Crippen LogP contribution is -2.47. The largest absolute Gasteiger partial charge is 0.472 e. The number of phosphoric ester groups is 1. The number of likely N-dealkylation sites (N-methyl/N-ethyl adjacent to an activating group) is 1. The third kappa shape index (κ3) is 61.6. The number of nitrogens with zero attached hydrogens (tertiary/aromatic N) is 1. The van der Waals surface area contributed by atoms with Crippen LogP contribution in [-0.4, -0.2) is 74.3 Å². The molecule has 0 heterocycles. The van der Waals surface area contributed by atoms with Crippen LogP contribution in [0.15, 0.2) is 85.1 Å². The van der Waals surface area contributed by atoms with Crippen molar-refractivity contribution >= 4 is 19.7 Å². The summed E-state index contributed by atoms with van der Waals surface area (Å²) >= 11 is 0. The zero-order valence-corrected chi connectivity index (χ0v) is 54.7. The summed E-state index contributed by atoms with van der Waals surface area (Å²) in [6, 6.07) is -0.892. The normalized spacial score (nSPS) is 14.1. The first-order valence-corrected chi connectivity index (χ1v) is 35.4. The van der Waals surface area contributed by atoms with E-state index in [0.717, 1.165) is 77.0 Å². The Morgan fingerprint density at radius 3 is 1.19 bits per heavy atom. The predicted octanol–water partition coefficient (Wildman–Crippen LogP) is 21.3. The minimum absolute atomic E-state index is 0.0249. The molecule has 3 atom stereocenters. The Morgan fingerprint density at radius 1 is 0.444 bits per heavy atom. The quantitative estimate of drug-likeness (QED) is 0.0205. The number of esters is 1. The first kappa shape index (κ1) is 78.2. The second kappa shape index (κ2) is 60.3. The summed E-state index contributed by atoms with van der Waals surface area (Å²) in [5.74, 6) is -0.595. The van der Waals surface area contributed by atoms with Gasteiger partial charge < -0.3 is 19.4 Å². The highest BCUT2D eigenvalue weighted by Crippen LogP contribution is 2.43. The van der Waals surface area contributed by atoms with Crippen LogP contribution in [0.4, 0.5) is 0 Å². The van der Waals surface area contributed by atoms with Crippen molar-refractivity contribution in [3.63, 3.8) is 0 Å². The molecule has 0 aliphatic carbocycles. The monoisotopic (exact) mass is 1150 g/mol. The van der Waals surface area contributed by atoms with Crippen molar-refractivity contribution in [3.8, 4) is 0 Å². The molecule has 0 aromatic carbocycles. The SMILES string of the molecule is CC/C=C\C/C=C\C/C=C\C/C=C\C/C=C\C/C=C\CCC(=O)NC(COP(=O)(O)OCC[N+](C)(C)C)C(/C=C/CCCCCCCCCCCCC)OC(=O)CCCCCCCCCCCCCCCCCCCCCCCCC. The number of allylic oxidation sites excluding steroid dienone is 13. The summed E-state index contributed by atoms with van der Waals surface area (Å²) in [7, 11) is 1.45. The lowest BCUT2D eigenvalue weighted by atomic mass is 10.0. The first-order chi connectivity index (χ1) is 39.4. The summed E-state index contributed by atoms with van der Waals surface area (Å²) in [4.78, 5) is 37.8. The molecule has 0 fully saturated rings. The van der Waals surface area contributed by atoms with Gasteiger partial charge in [-0.1, -0.05) is 305 Å². The molecule has 0 bridgehead atoms. The molecule has 470 valence electrons.